The number of sulfone groups is 1. The molecule has 0 heterocycles. The summed E-state index contributed by atoms with van der Waals surface area (Å²) in [5, 5.41) is -0.0180. The number of benzene rings is 2. The van der Waals surface area contributed by atoms with E-state index in [1.807, 2.05) is 0 Å². The van der Waals surface area contributed by atoms with E-state index >= 15 is 0 Å². The molecule has 0 aliphatic rings. The van der Waals surface area contributed by atoms with Crippen LogP contribution in [0.25, 0.3) is 11.1 Å². The van der Waals surface area contributed by atoms with E-state index in [4.69, 9.17) is 81.2 Å². The average molecular weight is 473 g/mol. The van der Waals surface area contributed by atoms with Crippen molar-refractivity contribution >= 4 is 91.0 Å². The van der Waals surface area contributed by atoms with Crippen LogP contribution in [0.3, 0.4) is 0 Å². The van der Waals surface area contributed by atoms with Crippen LogP contribution in [0.5, 0.6) is 0 Å². The third-order valence-electron chi connectivity index (χ3n) is 2.91. The Bertz CT molecular complexity index is 923. The first-order valence-corrected chi connectivity index (χ1v) is 10.2. The van der Waals surface area contributed by atoms with E-state index in [0.29, 0.717) is 0 Å². The van der Waals surface area contributed by atoms with Crippen LogP contribution < -0.4 is 0 Å². The van der Waals surface area contributed by atoms with E-state index < -0.39 is 9.84 Å². The summed E-state index contributed by atoms with van der Waals surface area (Å²) in [6, 6.07) is 2.67. The van der Waals surface area contributed by atoms with Gasteiger partial charge in [-0.25, -0.2) is 8.42 Å². The largest absolute Gasteiger partial charge is 0.224 e. The summed E-state index contributed by atoms with van der Waals surface area (Å²) in [6.45, 7) is 0. The van der Waals surface area contributed by atoms with Crippen LogP contribution in [-0.2, 0) is 9.84 Å². The highest BCUT2D eigenvalue weighted by Crippen LogP contribution is 2.47. The zero-order valence-corrected chi connectivity index (χ0v) is 17.1. The van der Waals surface area contributed by atoms with Crippen LogP contribution in [0.1, 0.15) is 0 Å². The second-order valence-corrected chi connectivity index (χ2v) is 9.14. The smallest absolute Gasteiger partial charge is 0.177 e. The maximum atomic E-state index is 11.9. The van der Waals surface area contributed by atoms with E-state index in [0.717, 1.165) is 6.26 Å². The van der Waals surface area contributed by atoms with Gasteiger partial charge in [-0.15, -0.1) is 0 Å². The molecule has 0 aromatic heterocycles. The van der Waals surface area contributed by atoms with Crippen molar-refractivity contribution in [1.82, 2.24) is 0 Å². The maximum Gasteiger partial charge on any atom is 0.177 e. The van der Waals surface area contributed by atoms with Gasteiger partial charge in [-0.1, -0.05) is 81.2 Å². The van der Waals surface area contributed by atoms with Gasteiger partial charge in [-0.3, -0.25) is 0 Å². The minimum atomic E-state index is -3.65. The number of hydrogen-bond donors (Lipinski definition) is 0. The molecule has 10 heteroatoms. The second-order valence-electron chi connectivity index (χ2n) is 4.48. The summed E-state index contributed by atoms with van der Waals surface area (Å²) >= 11 is 42.3. The first-order valence-electron chi connectivity index (χ1n) is 5.67. The number of halogens is 7. The minimum absolute atomic E-state index is 0.0129. The summed E-state index contributed by atoms with van der Waals surface area (Å²) in [4.78, 5) is -0.193. The predicted octanol–water partition coefficient (Wildman–Crippen LogP) is 7.33. The molecule has 2 rings (SSSR count). The van der Waals surface area contributed by atoms with Crippen LogP contribution in [0, 0.1) is 0 Å². The van der Waals surface area contributed by atoms with Gasteiger partial charge in [-0.05, 0) is 12.1 Å². The van der Waals surface area contributed by atoms with Gasteiger partial charge in [0.15, 0.2) is 9.84 Å². The molecule has 0 saturated heterocycles. The Labute approximate surface area is 168 Å². The lowest BCUT2D eigenvalue weighted by Gasteiger charge is -2.14. The normalized spacial score (nSPS) is 11.8. The molecule has 0 N–H and O–H groups in total. The van der Waals surface area contributed by atoms with Crippen LogP contribution in [0.15, 0.2) is 17.0 Å². The van der Waals surface area contributed by atoms with Crippen molar-refractivity contribution in [3.63, 3.8) is 0 Å². The Morgan fingerprint density at radius 3 is 1.57 bits per heavy atom. The molecule has 0 unspecified atom stereocenters. The van der Waals surface area contributed by atoms with Crippen LogP contribution in [0.2, 0.25) is 35.2 Å². The van der Waals surface area contributed by atoms with Crippen LogP contribution >= 0.6 is 81.2 Å². The van der Waals surface area contributed by atoms with Crippen molar-refractivity contribution < 1.29 is 8.42 Å². The zero-order valence-electron chi connectivity index (χ0n) is 11.0. The first-order chi connectivity index (χ1) is 10.5. The average Bonchev–Trinajstić information content (AvgIpc) is 2.46. The van der Waals surface area contributed by atoms with Gasteiger partial charge in [0.1, 0.15) is 0 Å². The highest BCUT2D eigenvalue weighted by Gasteiger charge is 2.24. The Morgan fingerprint density at radius 1 is 0.652 bits per heavy atom. The maximum absolute atomic E-state index is 11.9. The fourth-order valence-electron chi connectivity index (χ4n) is 1.82. The molecule has 0 saturated carbocycles. The van der Waals surface area contributed by atoms with E-state index in [9.17, 15) is 8.42 Å². The fraction of sp³-hybridized carbons (Fsp3) is 0.0769. The molecule has 2 aromatic rings. The molecule has 0 spiro atoms. The number of hydrogen-bond acceptors (Lipinski definition) is 2. The molecule has 2 nitrogen and oxygen atoms in total. The van der Waals surface area contributed by atoms with E-state index in [-0.39, 0.29) is 51.2 Å². The molecule has 0 atom stereocenters. The molecule has 0 amide bonds. The molecule has 2 aromatic carbocycles. The topological polar surface area (TPSA) is 34.1 Å². The lowest BCUT2D eigenvalue weighted by atomic mass is 10.1. The van der Waals surface area contributed by atoms with Gasteiger partial charge in [0, 0.05) is 17.4 Å². The van der Waals surface area contributed by atoms with Gasteiger partial charge < -0.3 is 0 Å². The van der Waals surface area contributed by atoms with Crippen molar-refractivity contribution in [1.29, 1.82) is 0 Å². The molecule has 0 aliphatic heterocycles. The molecular formula is C13H5Cl7O2S. The second kappa shape index (κ2) is 6.97. The minimum Gasteiger partial charge on any atom is -0.224 e. The number of rotatable bonds is 2. The van der Waals surface area contributed by atoms with E-state index in [1.165, 1.54) is 12.1 Å². The SMILES string of the molecule is CS(=O)(=O)c1cc(-c2cc(Cl)c(Cl)c(Cl)c2Cl)c(Cl)c(Cl)c1Cl. The Balaban J connectivity index is 2.93. The van der Waals surface area contributed by atoms with Gasteiger partial charge in [0.2, 0.25) is 0 Å². The van der Waals surface area contributed by atoms with E-state index in [1.54, 1.807) is 0 Å². The summed E-state index contributed by atoms with van der Waals surface area (Å²) in [6.07, 6.45) is 0.992. The Morgan fingerprint density at radius 2 is 1.09 bits per heavy atom. The van der Waals surface area contributed by atoms with Gasteiger partial charge in [0.25, 0.3) is 0 Å². The lowest BCUT2D eigenvalue weighted by molar-refractivity contribution is 0.602. The van der Waals surface area contributed by atoms with Crippen molar-refractivity contribution in [3.8, 4) is 11.1 Å². The molecule has 23 heavy (non-hydrogen) atoms. The van der Waals surface area contributed by atoms with Gasteiger partial charge in [-0.2, -0.15) is 0 Å². The molecule has 0 aliphatic carbocycles. The van der Waals surface area contributed by atoms with E-state index in [2.05, 4.69) is 0 Å². The monoisotopic (exact) mass is 470 g/mol. The summed E-state index contributed by atoms with van der Waals surface area (Å²) in [5.41, 5.74) is 0.492. The highest BCUT2D eigenvalue weighted by atomic mass is 35.5. The highest BCUT2D eigenvalue weighted by molar-refractivity contribution is 7.90. The van der Waals surface area contributed by atoms with Crippen molar-refractivity contribution in [2.24, 2.45) is 0 Å². The molecule has 0 bridgehead atoms. The van der Waals surface area contributed by atoms with Crippen LogP contribution in [-0.4, -0.2) is 14.7 Å². The summed E-state index contributed by atoms with van der Waals surface area (Å²) < 4.78 is 23.8. The molecule has 0 fully saturated rings. The quantitative estimate of drug-likeness (QED) is 0.338. The third-order valence-corrected chi connectivity index (χ3v) is 7.25. The molecule has 0 radical (unpaired) electrons. The summed E-state index contributed by atoms with van der Waals surface area (Å²) in [5.74, 6) is 0. The molecular weight excluding hydrogens is 468 g/mol. The summed E-state index contributed by atoms with van der Waals surface area (Å²) in [7, 11) is -3.65. The third kappa shape index (κ3) is 3.68. The van der Waals surface area contributed by atoms with Gasteiger partial charge in [0.05, 0.1) is 40.1 Å². The van der Waals surface area contributed by atoms with Crippen molar-refractivity contribution in [2.45, 2.75) is 4.90 Å². The standard InChI is InChI=1S/C13H5Cl7O2S/c1-23(21,22)7-3-5(9(16)13(20)11(7)18)4-2-6(14)10(17)12(19)8(4)15/h2-3H,1H3. The lowest BCUT2D eigenvalue weighted by Crippen LogP contribution is -2.00. The molecule has 124 valence electrons. The van der Waals surface area contributed by atoms with Crippen molar-refractivity contribution in [3.05, 3.63) is 47.3 Å². The predicted molar refractivity (Wildman–Crippen MR) is 100 cm³/mol. The fourth-order valence-corrected chi connectivity index (χ4v) is 4.61. The van der Waals surface area contributed by atoms with Gasteiger partial charge >= 0.3 is 0 Å². The van der Waals surface area contributed by atoms with Crippen LogP contribution in [0.4, 0.5) is 0 Å². The first kappa shape index (κ1) is 19.7. The Kier molecular flexibility index (Phi) is 5.98. The van der Waals surface area contributed by atoms with Crippen molar-refractivity contribution in [2.75, 3.05) is 6.26 Å². The zero-order chi connectivity index (χ0) is 17.7. The Hall–Kier alpha value is 0.420.